The molecule has 0 fully saturated rings. The molecule has 0 amide bonds. The summed E-state index contributed by atoms with van der Waals surface area (Å²) in [7, 11) is 1.63. The van der Waals surface area contributed by atoms with Crippen molar-refractivity contribution in [3.05, 3.63) is 99.4 Å². The van der Waals surface area contributed by atoms with Crippen molar-refractivity contribution in [3.63, 3.8) is 0 Å². The first-order chi connectivity index (χ1) is 13.1. The van der Waals surface area contributed by atoms with E-state index in [0.29, 0.717) is 15.5 Å². The molecule has 0 radical (unpaired) electrons. The third-order valence-corrected chi connectivity index (χ3v) is 5.29. The molecule has 3 aromatic rings. The Morgan fingerprint density at radius 3 is 2.30 bits per heavy atom. The number of allylic oxidation sites excluding steroid dienone is 1. The van der Waals surface area contributed by atoms with Gasteiger partial charge >= 0.3 is 0 Å². The Kier molecular flexibility index (Phi) is 6.38. The molecule has 0 aromatic heterocycles. The van der Waals surface area contributed by atoms with Gasteiger partial charge in [0.1, 0.15) is 5.75 Å². The van der Waals surface area contributed by atoms with Gasteiger partial charge < -0.3 is 4.74 Å². The average molecular weight is 395 g/mol. The Bertz CT molecular complexity index is 960. The largest absolute Gasteiger partial charge is 0.496 e. The van der Waals surface area contributed by atoms with Crippen LogP contribution in [-0.2, 0) is 0 Å². The molecular weight excluding hydrogens is 376 g/mol. The molecule has 0 heterocycles. The third-order valence-electron chi connectivity index (χ3n) is 4.00. The number of rotatable bonds is 6. The molecule has 2 nitrogen and oxygen atoms in total. The van der Waals surface area contributed by atoms with Crippen LogP contribution >= 0.6 is 23.4 Å². The minimum atomic E-state index is -0.0526. The zero-order valence-electron chi connectivity index (χ0n) is 15.1. The molecule has 0 bridgehead atoms. The lowest BCUT2D eigenvalue weighted by Crippen LogP contribution is -2.01. The van der Waals surface area contributed by atoms with Gasteiger partial charge in [-0.1, -0.05) is 59.3 Å². The van der Waals surface area contributed by atoms with Crippen LogP contribution in [0.2, 0.25) is 5.02 Å². The number of aryl methyl sites for hydroxylation is 1. The molecule has 0 saturated carbocycles. The van der Waals surface area contributed by atoms with Gasteiger partial charge in [0, 0.05) is 21.0 Å². The Hall–Kier alpha value is -2.49. The Balaban J connectivity index is 2.02. The fraction of sp³-hybridized carbons (Fsp3) is 0.0870. The molecule has 0 spiro atoms. The molecule has 3 rings (SSSR count). The second kappa shape index (κ2) is 8.94. The highest BCUT2D eigenvalue weighted by atomic mass is 35.5. The van der Waals surface area contributed by atoms with Crippen molar-refractivity contribution in [1.82, 2.24) is 0 Å². The molecule has 0 N–H and O–H groups in total. The summed E-state index contributed by atoms with van der Waals surface area (Å²) in [5.74, 6) is 0.673. The maximum atomic E-state index is 13.2. The van der Waals surface area contributed by atoms with Crippen molar-refractivity contribution < 1.29 is 9.53 Å². The van der Waals surface area contributed by atoms with Gasteiger partial charge in [0.2, 0.25) is 0 Å². The van der Waals surface area contributed by atoms with Gasteiger partial charge in [-0.05, 0) is 55.5 Å². The molecule has 0 aliphatic heterocycles. The summed E-state index contributed by atoms with van der Waals surface area (Å²) < 4.78 is 5.43. The van der Waals surface area contributed by atoms with Gasteiger partial charge in [-0.3, -0.25) is 4.79 Å². The third kappa shape index (κ3) is 5.03. The SMILES string of the molecule is COc1ccccc1/C=C(/Sc1ccc(C)cc1)C(=O)c1ccc(Cl)cc1. The molecule has 0 atom stereocenters. The van der Waals surface area contributed by atoms with Gasteiger partial charge in [0.25, 0.3) is 0 Å². The Labute approximate surface area is 168 Å². The zero-order valence-corrected chi connectivity index (χ0v) is 16.7. The van der Waals surface area contributed by atoms with E-state index >= 15 is 0 Å². The van der Waals surface area contributed by atoms with Crippen molar-refractivity contribution >= 4 is 35.2 Å². The lowest BCUT2D eigenvalue weighted by Gasteiger charge is -2.10. The lowest BCUT2D eigenvalue weighted by atomic mass is 10.1. The predicted molar refractivity (Wildman–Crippen MR) is 114 cm³/mol. The zero-order chi connectivity index (χ0) is 19.2. The van der Waals surface area contributed by atoms with Crippen LogP contribution < -0.4 is 4.74 Å². The molecule has 0 saturated heterocycles. The molecule has 3 aromatic carbocycles. The standard InChI is InChI=1S/C23H19ClO2S/c1-16-7-13-20(14-8-16)27-22(15-18-5-3-4-6-21(18)26-2)23(25)17-9-11-19(24)12-10-17/h3-15H,1-2H3/b22-15+. The first-order valence-electron chi connectivity index (χ1n) is 8.46. The number of Topliss-reactive ketones (excluding diaryl/α,β-unsaturated/α-hetero) is 1. The van der Waals surface area contributed by atoms with E-state index < -0.39 is 0 Å². The summed E-state index contributed by atoms with van der Waals surface area (Å²) in [6.45, 7) is 2.04. The molecule has 136 valence electrons. The van der Waals surface area contributed by atoms with Crippen LogP contribution in [0.15, 0.2) is 82.6 Å². The highest BCUT2D eigenvalue weighted by molar-refractivity contribution is 8.04. The van der Waals surface area contributed by atoms with Crippen LogP contribution in [-0.4, -0.2) is 12.9 Å². The van der Waals surface area contributed by atoms with Crippen LogP contribution in [0, 0.1) is 6.92 Å². The highest BCUT2D eigenvalue weighted by Crippen LogP contribution is 2.33. The van der Waals surface area contributed by atoms with E-state index in [1.165, 1.54) is 17.3 Å². The molecular formula is C23H19ClO2S. The second-order valence-electron chi connectivity index (χ2n) is 6.00. The van der Waals surface area contributed by atoms with Gasteiger partial charge in [-0.25, -0.2) is 0 Å². The van der Waals surface area contributed by atoms with E-state index in [1.54, 1.807) is 31.4 Å². The molecule has 0 unspecified atom stereocenters. The number of carbonyl (C=O) groups is 1. The summed E-state index contributed by atoms with van der Waals surface area (Å²) in [5, 5.41) is 0.605. The fourth-order valence-electron chi connectivity index (χ4n) is 2.55. The van der Waals surface area contributed by atoms with Crippen molar-refractivity contribution in [2.24, 2.45) is 0 Å². The molecule has 4 heteroatoms. The predicted octanol–water partition coefficient (Wildman–Crippen LogP) is 6.67. The summed E-state index contributed by atoms with van der Waals surface area (Å²) in [5.41, 5.74) is 2.63. The normalized spacial score (nSPS) is 11.3. The lowest BCUT2D eigenvalue weighted by molar-refractivity contribution is 0.104. The van der Waals surface area contributed by atoms with Crippen LogP contribution in [0.5, 0.6) is 5.75 Å². The monoisotopic (exact) mass is 394 g/mol. The van der Waals surface area contributed by atoms with Crippen LogP contribution in [0.1, 0.15) is 21.5 Å². The topological polar surface area (TPSA) is 26.3 Å². The van der Waals surface area contributed by atoms with Gasteiger partial charge in [-0.2, -0.15) is 0 Å². The number of halogens is 1. The number of hydrogen-bond donors (Lipinski definition) is 0. The number of ether oxygens (including phenoxy) is 1. The molecule has 0 aliphatic rings. The Morgan fingerprint density at radius 1 is 0.963 bits per heavy atom. The van der Waals surface area contributed by atoms with Crippen molar-refractivity contribution in [3.8, 4) is 5.75 Å². The van der Waals surface area contributed by atoms with Crippen LogP contribution in [0.25, 0.3) is 6.08 Å². The van der Waals surface area contributed by atoms with E-state index in [-0.39, 0.29) is 5.78 Å². The number of hydrogen-bond acceptors (Lipinski definition) is 3. The molecule has 0 aliphatic carbocycles. The number of methoxy groups -OCH3 is 1. The minimum absolute atomic E-state index is 0.0526. The number of para-hydroxylation sites is 1. The van der Waals surface area contributed by atoms with E-state index in [0.717, 1.165) is 16.2 Å². The maximum absolute atomic E-state index is 13.2. The van der Waals surface area contributed by atoms with Crippen LogP contribution in [0.3, 0.4) is 0 Å². The average Bonchev–Trinajstić information content (AvgIpc) is 2.69. The van der Waals surface area contributed by atoms with Gasteiger partial charge in [0.05, 0.1) is 12.0 Å². The number of ketones is 1. The first kappa shape index (κ1) is 19.3. The van der Waals surface area contributed by atoms with Gasteiger partial charge in [0.15, 0.2) is 5.78 Å². The minimum Gasteiger partial charge on any atom is -0.496 e. The maximum Gasteiger partial charge on any atom is 0.199 e. The summed E-state index contributed by atoms with van der Waals surface area (Å²) in [6.07, 6.45) is 1.88. The smallest absolute Gasteiger partial charge is 0.199 e. The first-order valence-corrected chi connectivity index (χ1v) is 9.66. The van der Waals surface area contributed by atoms with E-state index in [1.807, 2.05) is 61.5 Å². The van der Waals surface area contributed by atoms with E-state index in [4.69, 9.17) is 16.3 Å². The van der Waals surface area contributed by atoms with Crippen LogP contribution in [0.4, 0.5) is 0 Å². The second-order valence-corrected chi connectivity index (χ2v) is 7.55. The van der Waals surface area contributed by atoms with Gasteiger partial charge in [-0.15, -0.1) is 0 Å². The Morgan fingerprint density at radius 2 is 1.63 bits per heavy atom. The fourth-order valence-corrected chi connectivity index (χ4v) is 3.59. The summed E-state index contributed by atoms with van der Waals surface area (Å²) >= 11 is 7.40. The number of thioether (sulfide) groups is 1. The number of benzene rings is 3. The van der Waals surface area contributed by atoms with Crippen molar-refractivity contribution in [2.75, 3.05) is 7.11 Å². The van der Waals surface area contributed by atoms with Crippen molar-refractivity contribution in [1.29, 1.82) is 0 Å². The highest BCUT2D eigenvalue weighted by Gasteiger charge is 2.15. The number of carbonyl (C=O) groups excluding carboxylic acids is 1. The van der Waals surface area contributed by atoms with E-state index in [2.05, 4.69) is 0 Å². The van der Waals surface area contributed by atoms with E-state index in [9.17, 15) is 4.79 Å². The summed E-state index contributed by atoms with van der Waals surface area (Å²) in [6, 6.07) is 22.7. The molecule has 27 heavy (non-hydrogen) atoms. The summed E-state index contributed by atoms with van der Waals surface area (Å²) in [4.78, 5) is 14.8. The quantitative estimate of drug-likeness (QED) is 0.265. The van der Waals surface area contributed by atoms with Crippen molar-refractivity contribution in [2.45, 2.75) is 11.8 Å².